The molecule has 1 atom stereocenters. The van der Waals surface area contributed by atoms with Crippen LogP contribution in [0.5, 0.6) is 0 Å². The normalized spacial score (nSPS) is 20.7. The first-order valence-corrected chi connectivity index (χ1v) is 11.2. The number of hydrogen-bond acceptors (Lipinski definition) is 4. The van der Waals surface area contributed by atoms with Gasteiger partial charge in [-0.1, -0.05) is 37.3 Å². The van der Waals surface area contributed by atoms with Crippen molar-refractivity contribution in [3.8, 4) is 0 Å². The number of nitrogens with zero attached hydrogens (tertiary/aromatic N) is 4. The number of carbonyl (C=O) groups excluding carboxylic acids is 1. The largest absolute Gasteiger partial charge is 0.355 e. The van der Waals surface area contributed by atoms with Gasteiger partial charge in [-0.05, 0) is 56.4 Å². The van der Waals surface area contributed by atoms with Crippen LogP contribution in [0.15, 0.2) is 42.7 Å². The minimum Gasteiger partial charge on any atom is -0.355 e. The first-order valence-electron chi connectivity index (χ1n) is 11.2. The van der Waals surface area contributed by atoms with E-state index in [1.165, 1.54) is 24.8 Å². The number of anilines is 1. The Bertz CT molecular complexity index is 784. The lowest BCUT2D eigenvalue weighted by Crippen LogP contribution is -2.43. The Hall–Kier alpha value is -2.43. The van der Waals surface area contributed by atoms with Gasteiger partial charge in [0.05, 0.1) is 12.4 Å². The van der Waals surface area contributed by atoms with Crippen molar-refractivity contribution in [1.82, 2.24) is 14.9 Å². The predicted octanol–water partition coefficient (Wildman–Crippen LogP) is 4.34. The van der Waals surface area contributed by atoms with Crippen molar-refractivity contribution in [3.05, 3.63) is 54.0 Å². The standard InChI is InChI=1S/C24H32N4O/c1-2-21-10-6-7-13-28(21)24(29)22-17-26-23(18-25-22)27-14-11-20(12-15-27)16-19-8-4-3-5-9-19/h3-5,8-9,17-18,20-21H,2,6-7,10-16H2,1H3. The number of rotatable bonds is 5. The Morgan fingerprint density at radius 3 is 2.48 bits per heavy atom. The van der Waals surface area contributed by atoms with E-state index in [4.69, 9.17) is 0 Å². The maximum atomic E-state index is 12.9. The summed E-state index contributed by atoms with van der Waals surface area (Å²) in [4.78, 5) is 26.3. The van der Waals surface area contributed by atoms with Crippen LogP contribution in [-0.2, 0) is 6.42 Å². The van der Waals surface area contributed by atoms with Crippen molar-refractivity contribution >= 4 is 11.7 Å². The lowest BCUT2D eigenvalue weighted by molar-refractivity contribution is 0.0601. The van der Waals surface area contributed by atoms with Gasteiger partial charge < -0.3 is 9.80 Å². The summed E-state index contributed by atoms with van der Waals surface area (Å²) in [7, 11) is 0. The third kappa shape index (κ3) is 4.77. The summed E-state index contributed by atoms with van der Waals surface area (Å²) >= 11 is 0. The molecule has 5 heteroatoms. The molecule has 0 bridgehead atoms. The topological polar surface area (TPSA) is 49.3 Å². The molecule has 0 aliphatic carbocycles. The molecule has 2 aliphatic heterocycles. The third-order valence-electron chi connectivity index (χ3n) is 6.52. The van der Waals surface area contributed by atoms with Crippen LogP contribution in [0, 0.1) is 5.92 Å². The van der Waals surface area contributed by atoms with Crippen molar-refractivity contribution in [2.75, 3.05) is 24.5 Å². The fourth-order valence-electron chi connectivity index (χ4n) is 4.75. The Kier molecular flexibility index (Phi) is 6.43. The second-order valence-electron chi connectivity index (χ2n) is 8.44. The Balaban J connectivity index is 1.33. The molecule has 154 valence electrons. The summed E-state index contributed by atoms with van der Waals surface area (Å²) in [6, 6.07) is 11.1. The second kappa shape index (κ2) is 9.38. The molecule has 1 unspecified atom stereocenters. The molecule has 2 fully saturated rings. The zero-order valence-electron chi connectivity index (χ0n) is 17.5. The van der Waals surface area contributed by atoms with Crippen LogP contribution >= 0.6 is 0 Å². The highest BCUT2D eigenvalue weighted by Crippen LogP contribution is 2.25. The zero-order valence-corrected chi connectivity index (χ0v) is 17.5. The summed E-state index contributed by atoms with van der Waals surface area (Å²) in [6.45, 7) is 5.01. The second-order valence-corrected chi connectivity index (χ2v) is 8.44. The molecule has 2 aromatic rings. The van der Waals surface area contributed by atoms with Crippen LogP contribution in [0.25, 0.3) is 0 Å². The third-order valence-corrected chi connectivity index (χ3v) is 6.52. The van der Waals surface area contributed by atoms with Gasteiger partial charge in [-0.25, -0.2) is 9.97 Å². The van der Waals surface area contributed by atoms with Gasteiger partial charge >= 0.3 is 0 Å². The van der Waals surface area contributed by atoms with Gasteiger partial charge in [0.1, 0.15) is 11.5 Å². The molecule has 0 spiro atoms. The molecule has 2 saturated heterocycles. The SMILES string of the molecule is CCC1CCCCN1C(=O)c1cnc(N2CCC(Cc3ccccc3)CC2)cn1. The maximum absolute atomic E-state index is 12.9. The van der Waals surface area contributed by atoms with Gasteiger partial charge in [0.15, 0.2) is 0 Å². The van der Waals surface area contributed by atoms with Crippen LogP contribution in [-0.4, -0.2) is 46.5 Å². The van der Waals surface area contributed by atoms with E-state index in [1.807, 2.05) is 4.90 Å². The fourth-order valence-corrected chi connectivity index (χ4v) is 4.75. The minimum atomic E-state index is 0.0390. The molecule has 0 N–H and O–H groups in total. The van der Waals surface area contributed by atoms with Gasteiger partial charge in [0.25, 0.3) is 5.91 Å². The van der Waals surface area contributed by atoms with Crippen LogP contribution < -0.4 is 4.90 Å². The smallest absolute Gasteiger partial charge is 0.274 e. The van der Waals surface area contributed by atoms with Crippen molar-refractivity contribution < 1.29 is 4.79 Å². The van der Waals surface area contributed by atoms with E-state index >= 15 is 0 Å². The summed E-state index contributed by atoms with van der Waals surface area (Å²) in [5.41, 5.74) is 1.91. The summed E-state index contributed by atoms with van der Waals surface area (Å²) in [5.74, 6) is 1.66. The Morgan fingerprint density at radius 2 is 1.79 bits per heavy atom. The highest BCUT2D eigenvalue weighted by Gasteiger charge is 2.27. The fraction of sp³-hybridized carbons (Fsp3) is 0.542. The lowest BCUT2D eigenvalue weighted by atomic mass is 9.90. The van der Waals surface area contributed by atoms with E-state index in [-0.39, 0.29) is 5.91 Å². The quantitative estimate of drug-likeness (QED) is 0.759. The van der Waals surface area contributed by atoms with Gasteiger partial charge in [0.2, 0.25) is 0 Å². The van der Waals surface area contributed by atoms with E-state index in [1.54, 1.807) is 12.4 Å². The van der Waals surface area contributed by atoms with E-state index in [0.717, 1.165) is 57.1 Å². The number of likely N-dealkylation sites (tertiary alicyclic amines) is 1. The summed E-state index contributed by atoms with van der Waals surface area (Å²) in [5, 5.41) is 0. The van der Waals surface area contributed by atoms with Crippen LogP contribution in [0.2, 0.25) is 0 Å². The predicted molar refractivity (Wildman–Crippen MR) is 116 cm³/mol. The van der Waals surface area contributed by atoms with Crippen LogP contribution in [0.3, 0.4) is 0 Å². The van der Waals surface area contributed by atoms with Crippen molar-refractivity contribution in [1.29, 1.82) is 0 Å². The Labute approximate surface area is 174 Å². The summed E-state index contributed by atoms with van der Waals surface area (Å²) < 4.78 is 0. The molecule has 0 saturated carbocycles. The van der Waals surface area contributed by atoms with Crippen molar-refractivity contribution in [2.24, 2.45) is 5.92 Å². The van der Waals surface area contributed by atoms with Crippen molar-refractivity contribution in [2.45, 2.75) is 57.9 Å². The van der Waals surface area contributed by atoms with E-state index in [2.05, 4.69) is 52.1 Å². The molecular formula is C24H32N4O. The Morgan fingerprint density at radius 1 is 1.00 bits per heavy atom. The number of amides is 1. The van der Waals surface area contributed by atoms with Crippen LogP contribution in [0.1, 0.15) is 61.5 Å². The lowest BCUT2D eigenvalue weighted by Gasteiger charge is -2.35. The first kappa shape index (κ1) is 19.9. The highest BCUT2D eigenvalue weighted by atomic mass is 16.2. The molecule has 1 amide bonds. The number of aromatic nitrogens is 2. The van der Waals surface area contributed by atoms with E-state index in [9.17, 15) is 4.79 Å². The zero-order chi connectivity index (χ0) is 20.1. The molecule has 5 nitrogen and oxygen atoms in total. The molecule has 2 aliphatic rings. The van der Waals surface area contributed by atoms with E-state index in [0.29, 0.717) is 11.7 Å². The molecular weight excluding hydrogens is 360 g/mol. The average molecular weight is 393 g/mol. The van der Waals surface area contributed by atoms with Crippen molar-refractivity contribution in [3.63, 3.8) is 0 Å². The minimum absolute atomic E-state index is 0.0390. The monoisotopic (exact) mass is 392 g/mol. The van der Waals surface area contributed by atoms with Gasteiger partial charge in [-0.2, -0.15) is 0 Å². The van der Waals surface area contributed by atoms with Gasteiger partial charge in [-0.3, -0.25) is 4.79 Å². The highest BCUT2D eigenvalue weighted by molar-refractivity contribution is 5.92. The van der Waals surface area contributed by atoms with Gasteiger partial charge in [0, 0.05) is 25.7 Å². The molecule has 4 rings (SSSR count). The number of carbonyl (C=O) groups is 1. The average Bonchev–Trinajstić information content (AvgIpc) is 2.80. The number of hydrogen-bond donors (Lipinski definition) is 0. The molecule has 29 heavy (non-hydrogen) atoms. The molecule has 0 radical (unpaired) electrons. The molecule has 1 aromatic carbocycles. The number of benzene rings is 1. The van der Waals surface area contributed by atoms with Crippen LogP contribution in [0.4, 0.5) is 5.82 Å². The van der Waals surface area contributed by atoms with E-state index < -0.39 is 0 Å². The maximum Gasteiger partial charge on any atom is 0.274 e. The summed E-state index contributed by atoms with van der Waals surface area (Å²) in [6.07, 6.45) is 11.4. The molecule has 1 aromatic heterocycles. The first-order chi connectivity index (χ1) is 14.2. The molecule has 3 heterocycles. The van der Waals surface area contributed by atoms with Gasteiger partial charge in [-0.15, -0.1) is 0 Å². The number of piperidine rings is 2.